The van der Waals surface area contributed by atoms with Gasteiger partial charge in [-0.15, -0.1) is 0 Å². The summed E-state index contributed by atoms with van der Waals surface area (Å²) in [5, 5.41) is 9.69. The number of aromatic carboxylic acids is 1. The Labute approximate surface area is 104 Å². The fraction of sp³-hybridized carbons (Fsp3) is 0.286. The van der Waals surface area contributed by atoms with Crippen molar-refractivity contribution in [3.05, 3.63) is 40.3 Å². The summed E-state index contributed by atoms with van der Waals surface area (Å²) in [6, 6.07) is 3.04. The molecule has 0 atom stereocenters. The van der Waals surface area contributed by atoms with Gasteiger partial charge in [0.2, 0.25) is 0 Å². The van der Waals surface area contributed by atoms with E-state index in [9.17, 15) is 14.3 Å². The predicted octanol–water partition coefficient (Wildman–Crippen LogP) is 3.25. The molecule has 0 radical (unpaired) electrons. The largest absolute Gasteiger partial charge is 0.478 e. The molecular weight excluding hydrogens is 233 g/mol. The van der Waals surface area contributed by atoms with Crippen molar-refractivity contribution in [2.75, 3.05) is 0 Å². The number of carboxylic acids is 1. The molecule has 4 heteroatoms. The lowest BCUT2D eigenvalue weighted by atomic mass is 9.99. The number of halogens is 1. The summed E-state index contributed by atoms with van der Waals surface area (Å²) in [6.45, 7) is 5.32. The lowest BCUT2D eigenvalue weighted by molar-refractivity contribution is 0.0698. The maximum Gasteiger partial charge on any atom is 0.336 e. The van der Waals surface area contributed by atoms with Gasteiger partial charge in [0.25, 0.3) is 0 Å². The number of carboxylic acid groups (broad SMARTS) is 1. The molecule has 0 amide bonds. The molecule has 2 aromatic rings. The van der Waals surface area contributed by atoms with Crippen LogP contribution in [0.3, 0.4) is 0 Å². The quantitative estimate of drug-likeness (QED) is 0.886. The number of pyridine rings is 1. The number of nitrogens with zero attached hydrogens (tertiary/aromatic N) is 1. The monoisotopic (exact) mass is 247 g/mol. The number of hydrogen-bond acceptors (Lipinski definition) is 2. The highest BCUT2D eigenvalue weighted by Crippen LogP contribution is 2.26. The fourth-order valence-electron chi connectivity index (χ4n) is 2.22. The van der Waals surface area contributed by atoms with E-state index in [-0.39, 0.29) is 11.1 Å². The minimum Gasteiger partial charge on any atom is -0.478 e. The van der Waals surface area contributed by atoms with Gasteiger partial charge in [-0.25, -0.2) is 14.2 Å². The lowest BCUT2D eigenvalue weighted by Crippen LogP contribution is -2.07. The van der Waals surface area contributed by atoms with Gasteiger partial charge in [-0.3, -0.25) is 0 Å². The zero-order valence-corrected chi connectivity index (χ0v) is 10.5. The fourth-order valence-corrected chi connectivity index (χ4v) is 2.22. The number of fused-ring (bicyclic) bond motifs is 1. The van der Waals surface area contributed by atoms with Gasteiger partial charge in [0.15, 0.2) is 0 Å². The first-order valence-corrected chi connectivity index (χ1v) is 5.78. The van der Waals surface area contributed by atoms with E-state index in [1.54, 1.807) is 19.9 Å². The highest BCUT2D eigenvalue weighted by molar-refractivity contribution is 6.04. The molecule has 0 spiro atoms. The van der Waals surface area contributed by atoms with Gasteiger partial charge in [0.05, 0.1) is 5.56 Å². The number of aromatic nitrogens is 1. The highest BCUT2D eigenvalue weighted by Gasteiger charge is 2.18. The molecular formula is C14H14FNO2. The number of aryl methyl sites for hydroxylation is 2. The number of benzene rings is 1. The Morgan fingerprint density at radius 2 is 2.06 bits per heavy atom. The average molecular weight is 247 g/mol. The molecule has 0 bridgehead atoms. The second-order valence-corrected chi connectivity index (χ2v) is 4.36. The van der Waals surface area contributed by atoms with Crippen molar-refractivity contribution in [3.63, 3.8) is 0 Å². The van der Waals surface area contributed by atoms with Gasteiger partial charge in [0, 0.05) is 11.1 Å². The molecule has 1 heterocycles. The van der Waals surface area contributed by atoms with Crippen LogP contribution >= 0.6 is 0 Å². The summed E-state index contributed by atoms with van der Waals surface area (Å²) in [4.78, 5) is 15.6. The number of rotatable bonds is 2. The molecule has 0 aliphatic heterocycles. The van der Waals surface area contributed by atoms with E-state index in [1.807, 2.05) is 6.92 Å². The van der Waals surface area contributed by atoms with Crippen molar-refractivity contribution in [1.82, 2.24) is 4.98 Å². The summed E-state index contributed by atoms with van der Waals surface area (Å²) >= 11 is 0. The zero-order valence-electron chi connectivity index (χ0n) is 10.5. The van der Waals surface area contributed by atoms with Gasteiger partial charge in [0.1, 0.15) is 11.3 Å². The Bertz CT molecular complexity index is 650. The van der Waals surface area contributed by atoms with Crippen LogP contribution in [0.2, 0.25) is 0 Å². The zero-order chi connectivity index (χ0) is 13.4. The van der Waals surface area contributed by atoms with Gasteiger partial charge in [-0.05, 0) is 43.5 Å². The van der Waals surface area contributed by atoms with Gasteiger partial charge >= 0.3 is 5.97 Å². The molecule has 1 aromatic heterocycles. The van der Waals surface area contributed by atoms with E-state index in [2.05, 4.69) is 4.98 Å². The van der Waals surface area contributed by atoms with Crippen LogP contribution in [0.1, 0.15) is 34.1 Å². The molecule has 0 aliphatic carbocycles. The summed E-state index contributed by atoms with van der Waals surface area (Å²) in [6.07, 6.45) is 0.579. The first-order chi connectivity index (χ1) is 8.45. The van der Waals surface area contributed by atoms with Gasteiger partial charge in [-0.1, -0.05) is 6.92 Å². The Hall–Kier alpha value is -1.97. The van der Waals surface area contributed by atoms with E-state index in [1.165, 1.54) is 6.07 Å². The van der Waals surface area contributed by atoms with E-state index in [0.29, 0.717) is 28.6 Å². The maximum atomic E-state index is 13.9. The standard InChI is InChI=1S/C14H14FNO2/c1-4-11-8(3)12(14(17)18)9-5-7(2)6-10(15)13(9)16-11/h5-6H,4H2,1-3H3,(H,17,18). The molecule has 18 heavy (non-hydrogen) atoms. The van der Waals surface area contributed by atoms with Crippen molar-refractivity contribution >= 4 is 16.9 Å². The van der Waals surface area contributed by atoms with Crippen LogP contribution in [0.4, 0.5) is 4.39 Å². The molecule has 3 nitrogen and oxygen atoms in total. The Kier molecular flexibility index (Phi) is 3.03. The van der Waals surface area contributed by atoms with Gasteiger partial charge in [-0.2, -0.15) is 0 Å². The third kappa shape index (κ3) is 1.83. The summed E-state index contributed by atoms with van der Waals surface area (Å²) in [5.41, 5.74) is 2.22. The Morgan fingerprint density at radius 3 is 2.61 bits per heavy atom. The summed E-state index contributed by atoms with van der Waals surface area (Å²) < 4.78 is 13.9. The van der Waals surface area contributed by atoms with E-state index < -0.39 is 11.8 Å². The van der Waals surface area contributed by atoms with E-state index in [0.717, 1.165) is 0 Å². The van der Waals surface area contributed by atoms with Gasteiger partial charge < -0.3 is 5.11 Å². The molecule has 0 saturated carbocycles. The molecule has 2 rings (SSSR count). The smallest absolute Gasteiger partial charge is 0.336 e. The Balaban J connectivity index is 3.00. The SMILES string of the molecule is CCc1nc2c(F)cc(C)cc2c(C(=O)O)c1C. The van der Waals surface area contributed by atoms with Crippen LogP contribution in [0.15, 0.2) is 12.1 Å². The summed E-state index contributed by atoms with van der Waals surface area (Å²) in [5.74, 6) is -1.51. The van der Waals surface area contributed by atoms with Crippen LogP contribution in [0.5, 0.6) is 0 Å². The van der Waals surface area contributed by atoms with Crippen LogP contribution in [-0.2, 0) is 6.42 Å². The van der Waals surface area contributed by atoms with Crippen molar-refractivity contribution in [2.45, 2.75) is 27.2 Å². The number of carbonyl (C=O) groups is 1. The van der Waals surface area contributed by atoms with Crippen molar-refractivity contribution in [2.24, 2.45) is 0 Å². The summed E-state index contributed by atoms with van der Waals surface area (Å²) in [7, 11) is 0. The third-order valence-electron chi connectivity index (χ3n) is 3.08. The molecule has 0 unspecified atom stereocenters. The third-order valence-corrected chi connectivity index (χ3v) is 3.08. The minimum absolute atomic E-state index is 0.139. The molecule has 0 aliphatic rings. The molecule has 1 aromatic carbocycles. The highest BCUT2D eigenvalue weighted by atomic mass is 19.1. The van der Waals surface area contributed by atoms with E-state index >= 15 is 0 Å². The first kappa shape index (κ1) is 12.5. The average Bonchev–Trinajstić information content (AvgIpc) is 2.27. The molecule has 1 N–H and O–H groups in total. The topological polar surface area (TPSA) is 50.2 Å². The van der Waals surface area contributed by atoms with Crippen molar-refractivity contribution in [1.29, 1.82) is 0 Å². The normalized spacial score (nSPS) is 10.9. The molecule has 0 fully saturated rings. The van der Waals surface area contributed by atoms with Crippen molar-refractivity contribution < 1.29 is 14.3 Å². The lowest BCUT2D eigenvalue weighted by Gasteiger charge is -2.11. The second kappa shape index (κ2) is 4.37. The van der Waals surface area contributed by atoms with Crippen LogP contribution < -0.4 is 0 Å². The minimum atomic E-state index is -1.04. The van der Waals surface area contributed by atoms with Crippen LogP contribution in [0, 0.1) is 19.7 Å². The molecule has 0 saturated heterocycles. The second-order valence-electron chi connectivity index (χ2n) is 4.36. The maximum absolute atomic E-state index is 13.9. The molecule has 94 valence electrons. The number of hydrogen-bond donors (Lipinski definition) is 1. The van der Waals surface area contributed by atoms with Crippen molar-refractivity contribution in [3.8, 4) is 0 Å². The van der Waals surface area contributed by atoms with Crippen LogP contribution in [-0.4, -0.2) is 16.1 Å². The first-order valence-electron chi connectivity index (χ1n) is 5.78. The predicted molar refractivity (Wildman–Crippen MR) is 67.5 cm³/mol. The van der Waals surface area contributed by atoms with Crippen LogP contribution in [0.25, 0.3) is 10.9 Å². The van der Waals surface area contributed by atoms with E-state index in [4.69, 9.17) is 0 Å². The Morgan fingerprint density at radius 1 is 1.39 bits per heavy atom.